The van der Waals surface area contributed by atoms with E-state index < -0.39 is 18.9 Å². The van der Waals surface area contributed by atoms with Gasteiger partial charge in [0, 0.05) is 6.04 Å². The Morgan fingerprint density at radius 1 is 1.44 bits per heavy atom. The fraction of sp³-hybridized carbons (Fsp3) is 0.900. The van der Waals surface area contributed by atoms with E-state index in [2.05, 4.69) is 10.1 Å². The Balaban J connectivity index is 2.22. The SMILES string of the molecule is C[C@H](NC(=O)OCC(F)(F)F)C1CCCC1. The van der Waals surface area contributed by atoms with Crippen molar-refractivity contribution in [3.8, 4) is 0 Å². The molecule has 1 aliphatic carbocycles. The number of hydrogen-bond acceptors (Lipinski definition) is 2. The maximum Gasteiger partial charge on any atom is 0.422 e. The molecule has 0 aromatic heterocycles. The molecule has 0 radical (unpaired) electrons. The Bertz CT molecular complexity index is 237. The van der Waals surface area contributed by atoms with E-state index in [0.29, 0.717) is 5.92 Å². The summed E-state index contributed by atoms with van der Waals surface area (Å²) in [4.78, 5) is 11.0. The maximum absolute atomic E-state index is 11.7. The van der Waals surface area contributed by atoms with Crippen molar-refractivity contribution in [3.05, 3.63) is 0 Å². The van der Waals surface area contributed by atoms with Crippen LogP contribution in [-0.4, -0.2) is 24.9 Å². The number of amides is 1. The van der Waals surface area contributed by atoms with Crippen molar-refractivity contribution in [1.82, 2.24) is 5.32 Å². The van der Waals surface area contributed by atoms with Gasteiger partial charge in [-0.05, 0) is 25.7 Å². The van der Waals surface area contributed by atoms with Gasteiger partial charge >= 0.3 is 12.3 Å². The van der Waals surface area contributed by atoms with Crippen LogP contribution in [0.4, 0.5) is 18.0 Å². The van der Waals surface area contributed by atoms with Crippen molar-refractivity contribution < 1.29 is 22.7 Å². The Kier molecular flexibility index (Phi) is 4.44. The summed E-state index contributed by atoms with van der Waals surface area (Å²) in [6.45, 7) is 0.265. The van der Waals surface area contributed by atoms with Crippen molar-refractivity contribution in [2.45, 2.75) is 44.8 Å². The standard InChI is InChI=1S/C10H16F3NO2/c1-7(8-4-2-3-5-8)14-9(15)16-6-10(11,12)13/h7-8H,2-6H2,1H3,(H,14,15)/t7-/m0/s1. The number of nitrogens with one attached hydrogen (secondary N) is 1. The van der Waals surface area contributed by atoms with Gasteiger partial charge in [0.15, 0.2) is 6.61 Å². The zero-order chi connectivity index (χ0) is 12.2. The molecule has 16 heavy (non-hydrogen) atoms. The lowest BCUT2D eigenvalue weighted by Crippen LogP contribution is -2.38. The third-order valence-corrected chi connectivity index (χ3v) is 2.82. The van der Waals surface area contributed by atoms with Crippen molar-refractivity contribution in [2.24, 2.45) is 5.92 Å². The number of halogens is 3. The van der Waals surface area contributed by atoms with Crippen LogP contribution in [0, 0.1) is 5.92 Å². The van der Waals surface area contributed by atoms with Crippen LogP contribution >= 0.6 is 0 Å². The van der Waals surface area contributed by atoms with Gasteiger partial charge in [-0.3, -0.25) is 0 Å². The number of ether oxygens (including phenoxy) is 1. The molecule has 1 saturated carbocycles. The van der Waals surface area contributed by atoms with Gasteiger partial charge in [-0.25, -0.2) is 4.79 Å². The monoisotopic (exact) mass is 239 g/mol. The molecular weight excluding hydrogens is 223 g/mol. The summed E-state index contributed by atoms with van der Waals surface area (Å²) in [6, 6.07) is -0.122. The molecular formula is C10H16F3NO2. The first-order valence-corrected chi connectivity index (χ1v) is 5.38. The topological polar surface area (TPSA) is 38.3 Å². The summed E-state index contributed by atoms with van der Waals surface area (Å²) >= 11 is 0. The van der Waals surface area contributed by atoms with Crippen molar-refractivity contribution in [3.63, 3.8) is 0 Å². The zero-order valence-electron chi connectivity index (χ0n) is 9.14. The highest BCUT2D eigenvalue weighted by molar-refractivity contribution is 5.67. The molecule has 0 aromatic carbocycles. The molecule has 1 N–H and O–H groups in total. The van der Waals surface area contributed by atoms with Crippen LogP contribution < -0.4 is 5.32 Å². The molecule has 1 rings (SSSR count). The lowest BCUT2D eigenvalue weighted by atomic mass is 10.0. The van der Waals surface area contributed by atoms with Gasteiger partial charge in [-0.15, -0.1) is 0 Å². The number of carbonyl (C=O) groups is 1. The average Bonchev–Trinajstić information content (AvgIpc) is 2.66. The fourth-order valence-corrected chi connectivity index (χ4v) is 1.95. The molecule has 1 atom stereocenters. The normalized spacial score (nSPS) is 19.5. The van der Waals surface area contributed by atoms with Crippen LogP contribution in [0.2, 0.25) is 0 Å². The minimum Gasteiger partial charge on any atom is -0.440 e. The highest BCUT2D eigenvalue weighted by atomic mass is 19.4. The summed E-state index contributed by atoms with van der Waals surface area (Å²) in [5.74, 6) is 0.360. The second-order valence-corrected chi connectivity index (χ2v) is 4.17. The van der Waals surface area contributed by atoms with E-state index in [0.717, 1.165) is 25.7 Å². The lowest BCUT2D eigenvalue weighted by molar-refractivity contribution is -0.160. The molecule has 0 aliphatic heterocycles. The van der Waals surface area contributed by atoms with Crippen LogP contribution in [0.3, 0.4) is 0 Å². The van der Waals surface area contributed by atoms with E-state index in [-0.39, 0.29) is 6.04 Å². The Hall–Kier alpha value is -0.940. The fourth-order valence-electron chi connectivity index (χ4n) is 1.95. The van der Waals surface area contributed by atoms with Crippen molar-refractivity contribution in [2.75, 3.05) is 6.61 Å². The van der Waals surface area contributed by atoms with Crippen LogP contribution in [0.25, 0.3) is 0 Å². The molecule has 3 nitrogen and oxygen atoms in total. The summed E-state index contributed by atoms with van der Waals surface area (Å²) in [5, 5.41) is 2.43. The van der Waals surface area contributed by atoms with Gasteiger partial charge in [-0.2, -0.15) is 13.2 Å². The van der Waals surface area contributed by atoms with Crippen molar-refractivity contribution >= 4 is 6.09 Å². The molecule has 0 unspecified atom stereocenters. The van der Waals surface area contributed by atoms with Crippen LogP contribution in [-0.2, 0) is 4.74 Å². The number of rotatable bonds is 3. The smallest absolute Gasteiger partial charge is 0.422 e. The minimum absolute atomic E-state index is 0.122. The molecule has 0 saturated heterocycles. The Morgan fingerprint density at radius 3 is 2.50 bits per heavy atom. The first kappa shape index (κ1) is 13.1. The maximum atomic E-state index is 11.7. The molecule has 94 valence electrons. The molecule has 0 heterocycles. The molecule has 1 fully saturated rings. The quantitative estimate of drug-likeness (QED) is 0.822. The van der Waals surface area contributed by atoms with E-state index in [1.54, 1.807) is 6.92 Å². The van der Waals surface area contributed by atoms with E-state index in [1.807, 2.05) is 0 Å². The van der Waals surface area contributed by atoms with Gasteiger partial charge in [0.25, 0.3) is 0 Å². The average molecular weight is 239 g/mol. The van der Waals surface area contributed by atoms with E-state index in [4.69, 9.17) is 0 Å². The van der Waals surface area contributed by atoms with Crippen LogP contribution in [0.5, 0.6) is 0 Å². The van der Waals surface area contributed by atoms with Gasteiger partial charge < -0.3 is 10.1 Å². The number of alkyl carbamates (subject to hydrolysis) is 1. The molecule has 0 aromatic rings. The summed E-state index contributed by atoms with van der Waals surface area (Å²) in [6.07, 6.45) is -1.19. The molecule has 0 spiro atoms. The van der Waals surface area contributed by atoms with Gasteiger partial charge in [0.2, 0.25) is 0 Å². The van der Waals surface area contributed by atoms with Gasteiger partial charge in [0.1, 0.15) is 0 Å². The van der Waals surface area contributed by atoms with E-state index in [1.165, 1.54) is 0 Å². The predicted molar refractivity (Wildman–Crippen MR) is 52.0 cm³/mol. The van der Waals surface area contributed by atoms with Crippen molar-refractivity contribution in [1.29, 1.82) is 0 Å². The van der Waals surface area contributed by atoms with E-state index in [9.17, 15) is 18.0 Å². The second kappa shape index (κ2) is 5.41. The first-order chi connectivity index (χ1) is 7.38. The molecule has 1 aliphatic rings. The lowest BCUT2D eigenvalue weighted by Gasteiger charge is -2.20. The molecule has 0 bridgehead atoms. The minimum atomic E-state index is -4.46. The number of alkyl halides is 3. The molecule has 6 heteroatoms. The third kappa shape index (κ3) is 4.72. The Labute approximate surface area is 92.3 Å². The summed E-state index contributed by atoms with van der Waals surface area (Å²) < 4.78 is 39.3. The Morgan fingerprint density at radius 2 is 2.00 bits per heavy atom. The molecule has 1 amide bonds. The van der Waals surface area contributed by atoms with Crippen LogP contribution in [0.1, 0.15) is 32.6 Å². The summed E-state index contributed by atoms with van der Waals surface area (Å²) in [5.41, 5.74) is 0. The number of hydrogen-bond donors (Lipinski definition) is 1. The van der Waals surface area contributed by atoms with Gasteiger partial charge in [-0.1, -0.05) is 12.8 Å². The second-order valence-electron chi connectivity index (χ2n) is 4.17. The highest BCUT2D eigenvalue weighted by Crippen LogP contribution is 2.27. The van der Waals surface area contributed by atoms with E-state index >= 15 is 0 Å². The summed E-state index contributed by atoms with van der Waals surface area (Å²) in [7, 11) is 0. The predicted octanol–water partition coefficient (Wildman–Crippen LogP) is 2.85. The van der Waals surface area contributed by atoms with Crippen LogP contribution in [0.15, 0.2) is 0 Å². The zero-order valence-corrected chi connectivity index (χ0v) is 9.14. The largest absolute Gasteiger partial charge is 0.440 e. The van der Waals surface area contributed by atoms with Gasteiger partial charge in [0.05, 0.1) is 0 Å². The highest BCUT2D eigenvalue weighted by Gasteiger charge is 2.30. The number of carbonyl (C=O) groups excluding carboxylic acids is 1. The first-order valence-electron chi connectivity index (χ1n) is 5.38. The third-order valence-electron chi connectivity index (χ3n) is 2.82.